The molecule has 1 amide bonds. The minimum absolute atomic E-state index is 0.0405. The number of amides is 1. The molecule has 4 aromatic rings. The van der Waals surface area contributed by atoms with Crippen LogP contribution in [0.1, 0.15) is 72.9 Å². The number of anilines is 2. The van der Waals surface area contributed by atoms with Crippen LogP contribution in [-0.2, 0) is 5.41 Å². The van der Waals surface area contributed by atoms with E-state index in [0.717, 1.165) is 41.3 Å². The Morgan fingerprint density at radius 1 is 1.08 bits per heavy atom. The Morgan fingerprint density at radius 3 is 2.53 bits per heavy atom. The lowest BCUT2D eigenvalue weighted by Gasteiger charge is -2.27. The molecule has 1 aliphatic heterocycles. The first kappa shape index (κ1) is 25.5. The summed E-state index contributed by atoms with van der Waals surface area (Å²) in [5.41, 5.74) is 4.67. The average Bonchev–Trinajstić information content (AvgIpc) is 3.36. The molecule has 4 heterocycles. The molecule has 0 spiro atoms. The maximum atomic E-state index is 12.7. The second-order valence-electron chi connectivity index (χ2n) is 10.7. The average molecular weight is 513 g/mol. The van der Waals surface area contributed by atoms with E-state index in [9.17, 15) is 4.79 Å². The molecule has 3 aromatic heterocycles. The summed E-state index contributed by atoms with van der Waals surface area (Å²) in [6.07, 6.45) is 3.45. The summed E-state index contributed by atoms with van der Waals surface area (Å²) in [6, 6.07) is 11.8. The van der Waals surface area contributed by atoms with Crippen LogP contribution in [-0.4, -0.2) is 44.1 Å². The number of rotatable bonds is 7. The van der Waals surface area contributed by atoms with E-state index < -0.39 is 5.91 Å². The van der Waals surface area contributed by atoms with E-state index in [1.807, 2.05) is 71.1 Å². The number of nitrogens with one attached hydrogen (secondary N) is 3. The van der Waals surface area contributed by atoms with Crippen LogP contribution >= 0.6 is 0 Å². The first-order valence-electron chi connectivity index (χ1n) is 12.7. The molecule has 3 N–H and O–H groups in total. The summed E-state index contributed by atoms with van der Waals surface area (Å²) in [5, 5.41) is 13.4. The Hall–Kier alpha value is -4.18. The highest BCUT2D eigenvalue weighted by atomic mass is 16.5. The van der Waals surface area contributed by atoms with Gasteiger partial charge in [-0.25, -0.2) is 15.0 Å². The van der Waals surface area contributed by atoms with E-state index in [0.29, 0.717) is 17.6 Å². The van der Waals surface area contributed by atoms with Gasteiger partial charge in [-0.15, -0.1) is 0 Å². The summed E-state index contributed by atoms with van der Waals surface area (Å²) in [6.45, 7) is 11.8. The molecule has 0 aliphatic carbocycles. The van der Waals surface area contributed by atoms with Crippen molar-refractivity contribution in [3.63, 3.8) is 0 Å². The zero-order valence-electron chi connectivity index (χ0n) is 22.2. The van der Waals surface area contributed by atoms with Gasteiger partial charge in [0, 0.05) is 42.2 Å². The van der Waals surface area contributed by atoms with Crippen LogP contribution in [0.3, 0.4) is 0 Å². The second-order valence-corrected chi connectivity index (χ2v) is 10.7. The highest BCUT2D eigenvalue weighted by Gasteiger charge is 2.25. The van der Waals surface area contributed by atoms with E-state index in [1.165, 1.54) is 11.9 Å². The number of carbonyl (C=O) groups excluding carboxylic acids is 1. The smallest absolute Gasteiger partial charge is 0.315 e. The van der Waals surface area contributed by atoms with Gasteiger partial charge in [0.2, 0.25) is 0 Å². The third kappa shape index (κ3) is 5.55. The van der Waals surface area contributed by atoms with Gasteiger partial charge in [-0.05, 0) is 42.7 Å². The third-order valence-corrected chi connectivity index (χ3v) is 6.63. The number of benzene rings is 1. The lowest BCUT2D eigenvalue weighted by atomic mass is 9.95. The van der Waals surface area contributed by atoms with Crippen LogP contribution in [0.15, 0.2) is 53.4 Å². The zero-order valence-corrected chi connectivity index (χ0v) is 22.2. The lowest BCUT2D eigenvalue weighted by molar-refractivity contribution is 0.0895. The van der Waals surface area contributed by atoms with E-state index in [-0.39, 0.29) is 17.3 Å². The third-order valence-electron chi connectivity index (χ3n) is 6.63. The van der Waals surface area contributed by atoms with Crippen LogP contribution < -0.4 is 16.0 Å². The van der Waals surface area contributed by atoms with Crippen LogP contribution in [0.4, 0.5) is 11.6 Å². The molecule has 1 atom stereocenters. The first-order valence-corrected chi connectivity index (χ1v) is 12.7. The van der Waals surface area contributed by atoms with Gasteiger partial charge in [-0.3, -0.25) is 4.79 Å². The highest BCUT2D eigenvalue weighted by molar-refractivity contribution is 5.89. The van der Waals surface area contributed by atoms with Crippen molar-refractivity contribution >= 4 is 17.5 Å². The fraction of sp³-hybridized carbons (Fsp3) is 0.357. The molecule has 0 radical (unpaired) electrons. The standard InChI is InChI=1S/C28H32N8O2/c1-16-10-18(6-8-21(16)17(2)33-25(37)26-35-27(36-38-26)28(3,4)5)22-11-24(32-15-31-22)34-23-9-7-19(14-30-23)20-12-29-13-20/h6-11,14-15,17,20,29H,12-13H2,1-5H3,(H,33,37)(H,30,31,32,34). The Labute approximate surface area is 221 Å². The van der Waals surface area contributed by atoms with E-state index >= 15 is 0 Å². The van der Waals surface area contributed by atoms with Crippen LogP contribution in [0.5, 0.6) is 0 Å². The Bertz CT molecular complexity index is 1440. The number of aryl methyl sites for hydroxylation is 1. The van der Waals surface area contributed by atoms with Gasteiger partial charge in [0.15, 0.2) is 5.82 Å². The van der Waals surface area contributed by atoms with Crippen molar-refractivity contribution in [2.75, 3.05) is 18.4 Å². The Morgan fingerprint density at radius 2 is 1.89 bits per heavy atom. The van der Waals surface area contributed by atoms with Crippen molar-refractivity contribution in [2.24, 2.45) is 0 Å². The highest BCUT2D eigenvalue weighted by Crippen LogP contribution is 2.27. The fourth-order valence-electron chi connectivity index (χ4n) is 4.24. The summed E-state index contributed by atoms with van der Waals surface area (Å²) in [4.78, 5) is 30.3. The van der Waals surface area contributed by atoms with Gasteiger partial charge in [-0.2, -0.15) is 4.98 Å². The molecule has 1 aromatic carbocycles. The molecule has 1 saturated heterocycles. The van der Waals surface area contributed by atoms with Gasteiger partial charge in [-0.1, -0.05) is 44.1 Å². The van der Waals surface area contributed by atoms with Crippen molar-refractivity contribution in [1.82, 2.24) is 35.7 Å². The number of aromatic nitrogens is 5. The number of carbonyl (C=O) groups is 1. The molecule has 5 rings (SSSR count). The van der Waals surface area contributed by atoms with Crippen LogP contribution in [0.25, 0.3) is 11.3 Å². The van der Waals surface area contributed by atoms with Gasteiger partial charge in [0.25, 0.3) is 0 Å². The van der Waals surface area contributed by atoms with Gasteiger partial charge in [0.1, 0.15) is 18.0 Å². The second kappa shape index (κ2) is 10.3. The number of nitrogens with zero attached hydrogens (tertiary/aromatic N) is 5. The van der Waals surface area contributed by atoms with Crippen molar-refractivity contribution in [3.8, 4) is 11.3 Å². The van der Waals surface area contributed by atoms with Gasteiger partial charge < -0.3 is 20.5 Å². The maximum Gasteiger partial charge on any atom is 0.315 e. The minimum atomic E-state index is -0.401. The molecular weight excluding hydrogens is 480 g/mol. The molecule has 0 saturated carbocycles. The SMILES string of the molecule is Cc1cc(-c2cc(Nc3ccc(C4CNC4)cn3)ncn2)ccc1C(C)NC(=O)c1nc(C(C)(C)C)no1. The van der Waals surface area contributed by atoms with Crippen molar-refractivity contribution in [2.45, 2.75) is 52.0 Å². The molecular formula is C28H32N8O2. The predicted molar refractivity (Wildman–Crippen MR) is 144 cm³/mol. The normalized spacial score (nSPS) is 14.6. The Kier molecular flexibility index (Phi) is 6.90. The van der Waals surface area contributed by atoms with E-state index in [1.54, 1.807) is 0 Å². The Balaban J connectivity index is 1.26. The summed E-state index contributed by atoms with van der Waals surface area (Å²) in [7, 11) is 0. The molecule has 0 bridgehead atoms. The van der Waals surface area contributed by atoms with Gasteiger partial charge in [0.05, 0.1) is 11.7 Å². The molecule has 196 valence electrons. The van der Waals surface area contributed by atoms with Crippen molar-refractivity contribution in [3.05, 3.63) is 77.3 Å². The molecule has 1 fully saturated rings. The lowest BCUT2D eigenvalue weighted by Crippen LogP contribution is -2.39. The van der Waals surface area contributed by atoms with Gasteiger partial charge >= 0.3 is 11.8 Å². The number of pyridine rings is 1. The summed E-state index contributed by atoms with van der Waals surface area (Å²) in [5.74, 6) is 2.00. The minimum Gasteiger partial charge on any atom is -0.341 e. The monoisotopic (exact) mass is 512 g/mol. The molecule has 10 nitrogen and oxygen atoms in total. The van der Waals surface area contributed by atoms with E-state index in [4.69, 9.17) is 4.52 Å². The quantitative estimate of drug-likeness (QED) is 0.329. The topological polar surface area (TPSA) is 131 Å². The predicted octanol–water partition coefficient (Wildman–Crippen LogP) is 4.45. The van der Waals surface area contributed by atoms with Crippen LogP contribution in [0, 0.1) is 6.92 Å². The molecule has 38 heavy (non-hydrogen) atoms. The fourth-order valence-corrected chi connectivity index (χ4v) is 4.24. The summed E-state index contributed by atoms with van der Waals surface area (Å²) >= 11 is 0. The maximum absolute atomic E-state index is 12.7. The first-order chi connectivity index (χ1) is 18.2. The van der Waals surface area contributed by atoms with Crippen LogP contribution in [0.2, 0.25) is 0 Å². The van der Waals surface area contributed by atoms with Crippen molar-refractivity contribution in [1.29, 1.82) is 0 Å². The molecule has 1 unspecified atom stereocenters. The van der Waals surface area contributed by atoms with Crippen molar-refractivity contribution < 1.29 is 9.32 Å². The summed E-state index contributed by atoms with van der Waals surface area (Å²) < 4.78 is 5.17. The molecule has 1 aliphatic rings. The van der Waals surface area contributed by atoms with E-state index in [2.05, 4.69) is 47.1 Å². The molecule has 10 heteroatoms. The number of hydrogen-bond acceptors (Lipinski definition) is 9. The largest absolute Gasteiger partial charge is 0.341 e. The zero-order chi connectivity index (χ0) is 26.9. The number of hydrogen-bond donors (Lipinski definition) is 3.